The average Bonchev–Trinajstić information content (AvgIpc) is 3.39. The van der Waals surface area contributed by atoms with E-state index in [0.29, 0.717) is 5.92 Å². The molecule has 0 aliphatic carbocycles. The Hall–Kier alpha value is -3.00. The molecule has 28 heavy (non-hydrogen) atoms. The Bertz CT molecular complexity index is 1130. The zero-order chi connectivity index (χ0) is 19.1. The molecule has 1 aromatic carbocycles. The van der Waals surface area contributed by atoms with Gasteiger partial charge in [-0.05, 0) is 31.0 Å². The smallest absolute Gasteiger partial charge is 0.160 e. The lowest BCUT2D eigenvalue weighted by Gasteiger charge is -2.32. The maximum atomic E-state index is 13.4. The van der Waals surface area contributed by atoms with E-state index in [-0.39, 0.29) is 5.02 Å². The molecular weight excluding hydrogens is 381 g/mol. The maximum absolute atomic E-state index is 13.4. The molecule has 1 aliphatic rings. The first-order valence-electron chi connectivity index (χ1n) is 9.08. The van der Waals surface area contributed by atoms with Gasteiger partial charge in [-0.2, -0.15) is 5.10 Å². The number of nitrogens with one attached hydrogen (secondary N) is 2. The molecule has 4 heterocycles. The topological polar surface area (TPSA) is 86.4 Å². The van der Waals surface area contributed by atoms with E-state index in [1.54, 1.807) is 30.9 Å². The molecule has 0 spiro atoms. The number of hydrogen-bond donors (Lipinski definition) is 2. The standard InChI is InChI=1S/C19H17ClFN7/c20-14-7-12(1-2-15(14)21)16-9-22-17(26-16)11-3-5-28(6-4-11)19-13-8-25-27-18(13)23-10-24-19/h1-2,7-11H,3-6H2,(H,22,26)(H,23,24,25,27). The Balaban J connectivity index is 1.31. The summed E-state index contributed by atoms with van der Waals surface area (Å²) in [6, 6.07) is 4.68. The van der Waals surface area contributed by atoms with Crippen LogP contribution in [0.4, 0.5) is 10.2 Å². The van der Waals surface area contributed by atoms with Crippen molar-refractivity contribution in [1.29, 1.82) is 0 Å². The van der Waals surface area contributed by atoms with Crippen LogP contribution in [-0.4, -0.2) is 43.2 Å². The van der Waals surface area contributed by atoms with Crippen molar-refractivity contribution in [3.63, 3.8) is 0 Å². The minimum atomic E-state index is -0.422. The van der Waals surface area contributed by atoms with Crippen molar-refractivity contribution in [2.45, 2.75) is 18.8 Å². The third-order valence-corrected chi connectivity index (χ3v) is 5.52. The van der Waals surface area contributed by atoms with Crippen molar-refractivity contribution in [2.24, 2.45) is 0 Å². The summed E-state index contributed by atoms with van der Waals surface area (Å²) in [5, 5.41) is 7.99. The van der Waals surface area contributed by atoms with E-state index in [1.807, 2.05) is 0 Å². The molecule has 1 aliphatic heterocycles. The van der Waals surface area contributed by atoms with Crippen LogP contribution in [0.25, 0.3) is 22.3 Å². The summed E-state index contributed by atoms with van der Waals surface area (Å²) >= 11 is 5.89. The lowest BCUT2D eigenvalue weighted by atomic mass is 9.96. The second-order valence-electron chi connectivity index (χ2n) is 6.90. The van der Waals surface area contributed by atoms with E-state index in [9.17, 15) is 4.39 Å². The van der Waals surface area contributed by atoms with Gasteiger partial charge in [0.2, 0.25) is 0 Å². The highest BCUT2D eigenvalue weighted by Crippen LogP contribution is 2.32. The van der Waals surface area contributed by atoms with E-state index < -0.39 is 5.82 Å². The van der Waals surface area contributed by atoms with Gasteiger partial charge >= 0.3 is 0 Å². The molecule has 0 radical (unpaired) electrons. The quantitative estimate of drug-likeness (QED) is 0.547. The zero-order valence-corrected chi connectivity index (χ0v) is 15.6. The SMILES string of the molecule is Fc1ccc(-c2cnc(C3CCN(c4ncnc5[nH]ncc45)CC3)[nH]2)cc1Cl. The van der Waals surface area contributed by atoms with E-state index in [1.165, 1.54) is 6.07 Å². The monoisotopic (exact) mass is 397 g/mol. The number of aromatic nitrogens is 6. The fraction of sp³-hybridized carbons (Fsp3) is 0.263. The van der Waals surface area contributed by atoms with Crippen LogP contribution in [0.15, 0.2) is 36.9 Å². The molecule has 1 fully saturated rings. The van der Waals surface area contributed by atoms with Crippen molar-refractivity contribution in [2.75, 3.05) is 18.0 Å². The first kappa shape index (κ1) is 17.1. The third kappa shape index (κ3) is 2.99. The van der Waals surface area contributed by atoms with Gasteiger partial charge in [-0.25, -0.2) is 19.3 Å². The Morgan fingerprint density at radius 3 is 2.79 bits per heavy atom. The molecule has 0 bridgehead atoms. The lowest BCUT2D eigenvalue weighted by molar-refractivity contribution is 0.487. The van der Waals surface area contributed by atoms with Crippen LogP contribution in [-0.2, 0) is 0 Å². The predicted octanol–water partition coefficient (Wildman–Crippen LogP) is 3.92. The van der Waals surface area contributed by atoms with E-state index in [2.05, 4.69) is 35.0 Å². The van der Waals surface area contributed by atoms with Gasteiger partial charge in [0, 0.05) is 24.6 Å². The minimum Gasteiger partial charge on any atom is -0.356 e. The van der Waals surface area contributed by atoms with Gasteiger partial charge in [0.1, 0.15) is 23.8 Å². The second-order valence-corrected chi connectivity index (χ2v) is 7.31. The molecule has 5 rings (SSSR count). The fourth-order valence-electron chi connectivity index (χ4n) is 3.72. The Kier molecular flexibility index (Phi) is 4.20. The molecule has 0 amide bonds. The normalized spacial score (nSPS) is 15.4. The number of imidazole rings is 1. The Morgan fingerprint density at radius 2 is 1.96 bits per heavy atom. The highest BCUT2D eigenvalue weighted by molar-refractivity contribution is 6.31. The number of H-pyrrole nitrogens is 2. The van der Waals surface area contributed by atoms with Crippen molar-refractivity contribution >= 4 is 28.5 Å². The first-order chi connectivity index (χ1) is 13.7. The van der Waals surface area contributed by atoms with Crippen molar-refractivity contribution in [3.8, 4) is 11.3 Å². The highest BCUT2D eigenvalue weighted by Gasteiger charge is 2.25. The summed E-state index contributed by atoms with van der Waals surface area (Å²) in [6.07, 6.45) is 7.03. The van der Waals surface area contributed by atoms with Gasteiger partial charge in [-0.1, -0.05) is 11.6 Å². The summed E-state index contributed by atoms with van der Waals surface area (Å²) in [7, 11) is 0. The maximum Gasteiger partial charge on any atom is 0.160 e. The van der Waals surface area contributed by atoms with Gasteiger partial charge in [0.05, 0.1) is 28.5 Å². The number of rotatable bonds is 3. The number of nitrogens with zero attached hydrogens (tertiary/aromatic N) is 5. The molecule has 2 N–H and O–H groups in total. The number of hydrogen-bond acceptors (Lipinski definition) is 5. The van der Waals surface area contributed by atoms with E-state index in [4.69, 9.17) is 11.6 Å². The highest BCUT2D eigenvalue weighted by atomic mass is 35.5. The number of halogens is 2. The average molecular weight is 398 g/mol. The van der Waals surface area contributed by atoms with Gasteiger partial charge in [0.25, 0.3) is 0 Å². The molecule has 1 saturated heterocycles. The van der Waals surface area contributed by atoms with E-state index in [0.717, 1.165) is 59.9 Å². The van der Waals surface area contributed by atoms with Crippen molar-refractivity contribution in [3.05, 3.63) is 53.6 Å². The Labute approximate surface area is 165 Å². The molecule has 7 nitrogen and oxygen atoms in total. The van der Waals surface area contributed by atoms with Crippen molar-refractivity contribution in [1.82, 2.24) is 30.1 Å². The third-order valence-electron chi connectivity index (χ3n) is 5.23. The second kappa shape index (κ2) is 6.87. The molecule has 0 unspecified atom stereocenters. The molecule has 4 aromatic rings. The van der Waals surface area contributed by atoms with Crippen LogP contribution in [0.1, 0.15) is 24.6 Å². The predicted molar refractivity (Wildman–Crippen MR) is 105 cm³/mol. The molecule has 142 valence electrons. The number of fused-ring (bicyclic) bond motifs is 1. The molecular formula is C19H17ClFN7. The Morgan fingerprint density at radius 1 is 1.11 bits per heavy atom. The number of benzene rings is 1. The van der Waals surface area contributed by atoms with Crippen molar-refractivity contribution < 1.29 is 4.39 Å². The summed E-state index contributed by atoms with van der Waals surface area (Å²) < 4.78 is 13.4. The zero-order valence-electron chi connectivity index (χ0n) is 14.9. The molecule has 9 heteroatoms. The summed E-state index contributed by atoms with van der Waals surface area (Å²) in [4.78, 5) is 18.8. The molecule has 0 atom stereocenters. The van der Waals surface area contributed by atoms with Crippen LogP contribution in [0.3, 0.4) is 0 Å². The fourth-order valence-corrected chi connectivity index (χ4v) is 3.90. The lowest BCUT2D eigenvalue weighted by Crippen LogP contribution is -2.33. The van der Waals surface area contributed by atoms with Gasteiger partial charge in [-0.15, -0.1) is 0 Å². The summed E-state index contributed by atoms with van der Waals surface area (Å²) in [5.41, 5.74) is 2.42. The molecule has 3 aromatic heterocycles. The number of anilines is 1. The first-order valence-corrected chi connectivity index (χ1v) is 9.46. The van der Waals surface area contributed by atoms with Crippen LogP contribution in [0.2, 0.25) is 5.02 Å². The van der Waals surface area contributed by atoms with E-state index >= 15 is 0 Å². The minimum absolute atomic E-state index is 0.109. The molecule has 0 saturated carbocycles. The largest absolute Gasteiger partial charge is 0.356 e. The van der Waals surface area contributed by atoms with Gasteiger partial charge < -0.3 is 9.88 Å². The van der Waals surface area contributed by atoms with Gasteiger partial charge in [0.15, 0.2) is 5.65 Å². The van der Waals surface area contributed by atoms with Gasteiger partial charge in [-0.3, -0.25) is 5.10 Å². The van der Waals surface area contributed by atoms with Crippen LogP contribution < -0.4 is 4.90 Å². The number of aromatic amines is 2. The summed E-state index contributed by atoms with van der Waals surface area (Å²) in [5.74, 6) is 1.78. The summed E-state index contributed by atoms with van der Waals surface area (Å²) in [6.45, 7) is 1.75. The van der Waals surface area contributed by atoms with Crippen LogP contribution >= 0.6 is 11.6 Å². The van der Waals surface area contributed by atoms with Crippen LogP contribution in [0.5, 0.6) is 0 Å². The van der Waals surface area contributed by atoms with Crippen LogP contribution in [0, 0.1) is 5.82 Å². The number of piperidine rings is 1.